The molecule has 0 aromatic heterocycles. The number of ether oxygens (including phenoxy) is 2. The van der Waals surface area contributed by atoms with E-state index in [9.17, 15) is 31.6 Å². The molecular formula is C48H66CaO10S2. The number of unbranched alkanes of at least 4 members (excludes halogenated alkanes) is 18. The molecule has 4 aromatic rings. The standard InChI is InChI=1S/2C24H34O5S.Ca/c2*1-2-3-4-5-6-7-8-9-10-11-13-20-16-17-23(25)24(18-20)29-21-14-12-15-22(19-21)30(26,27)28;/h2*12,14-19,25H,2-11,13H2,1H3,(H,26,27,28);/q;;+2/p-2. The van der Waals surface area contributed by atoms with Gasteiger partial charge in [0, 0.05) is 6.07 Å². The first-order chi connectivity index (χ1) is 28.8. The van der Waals surface area contributed by atoms with Crippen LogP contribution < -0.4 is 14.6 Å². The van der Waals surface area contributed by atoms with E-state index in [2.05, 4.69) is 13.8 Å². The van der Waals surface area contributed by atoms with E-state index in [0.717, 1.165) is 49.3 Å². The summed E-state index contributed by atoms with van der Waals surface area (Å²) in [5.74, 6) is 0.500. The Hall–Kier alpha value is -2.84. The van der Waals surface area contributed by atoms with Crippen LogP contribution in [0, 0.1) is 0 Å². The van der Waals surface area contributed by atoms with E-state index in [4.69, 9.17) is 14.0 Å². The average molecular weight is 907 g/mol. The van der Waals surface area contributed by atoms with Crippen molar-refractivity contribution in [1.82, 2.24) is 0 Å². The molecule has 13 heteroatoms. The van der Waals surface area contributed by atoms with Gasteiger partial charge in [-0.25, -0.2) is 8.42 Å². The third-order valence-corrected chi connectivity index (χ3v) is 12.0. The summed E-state index contributed by atoms with van der Waals surface area (Å²) in [6.45, 7) is 4.48. The topological polar surface area (TPSA) is 173 Å². The number of phenols is 1. The Bertz CT molecular complexity index is 1910. The summed E-state index contributed by atoms with van der Waals surface area (Å²) in [4.78, 5) is -0.630. The fraction of sp³-hybridized carbons (Fsp3) is 0.500. The average Bonchev–Trinajstić information content (AvgIpc) is 3.21. The third-order valence-electron chi connectivity index (χ3n) is 10.3. The zero-order valence-electron chi connectivity index (χ0n) is 36.3. The van der Waals surface area contributed by atoms with Gasteiger partial charge in [0.15, 0.2) is 11.5 Å². The summed E-state index contributed by atoms with van der Waals surface area (Å²) >= 11 is 0. The van der Waals surface area contributed by atoms with Crippen molar-refractivity contribution in [1.29, 1.82) is 0 Å². The fourth-order valence-electron chi connectivity index (χ4n) is 6.86. The second-order valence-electron chi connectivity index (χ2n) is 15.5. The molecule has 0 radical (unpaired) electrons. The maximum Gasteiger partial charge on any atom is 2.00 e. The van der Waals surface area contributed by atoms with Crippen LogP contribution >= 0.6 is 0 Å². The SMILES string of the molecule is CCCCCCCCCCCCc1ccc(O)c(Oc2cccc(S(=O)(=O)O)c2)c1.CCCCCCCCCCCCc1ccc([O-])c(Oc2cccc(S(=O)(=O)[O-])c2)c1.[Ca+2]. The van der Waals surface area contributed by atoms with Crippen LogP contribution in [0.1, 0.15) is 153 Å². The summed E-state index contributed by atoms with van der Waals surface area (Å²) in [6, 6.07) is 21.1. The Balaban J connectivity index is 0.000000413. The second-order valence-corrected chi connectivity index (χ2v) is 18.3. The minimum absolute atomic E-state index is 0. The van der Waals surface area contributed by atoms with Gasteiger partial charge in [-0.05, 0) is 85.3 Å². The molecule has 0 amide bonds. The molecule has 10 nitrogen and oxygen atoms in total. The van der Waals surface area contributed by atoms with Crippen LogP contribution in [-0.4, -0.2) is 68.8 Å². The van der Waals surface area contributed by atoms with E-state index in [0.29, 0.717) is 0 Å². The van der Waals surface area contributed by atoms with Gasteiger partial charge < -0.3 is 24.2 Å². The minimum Gasteiger partial charge on any atom is -0.870 e. The first kappa shape index (κ1) is 54.3. The van der Waals surface area contributed by atoms with E-state index in [1.165, 1.54) is 152 Å². The third kappa shape index (κ3) is 22.9. The van der Waals surface area contributed by atoms with Gasteiger partial charge in [0.25, 0.3) is 10.1 Å². The van der Waals surface area contributed by atoms with Gasteiger partial charge in [-0.1, -0.05) is 166 Å². The Morgan fingerprint density at radius 1 is 0.508 bits per heavy atom. The largest absolute Gasteiger partial charge is 2.00 e. The second kappa shape index (κ2) is 30.3. The number of rotatable bonds is 28. The normalized spacial score (nSPS) is 11.3. The molecule has 0 aliphatic rings. The maximum atomic E-state index is 12.1. The van der Waals surface area contributed by atoms with Crippen molar-refractivity contribution < 1.29 is 45.6 Å². The monoisotopic (exact) mass is 906 g/mol. The predicted molar refractivity (Wildman–Crippen MR) is 242 cm³/mol. The van der Waals surface area contributed by atoms with E-state index >= 15 is 0 Å². The fourth-order valence-corrected chi connectivity index (χ4v) is 7.88. The summed E-state index contributed by atoms with van der Waals surface area (Å²) in [5.41, 5.74) is 2.07. The number of hydrogen-bond donors (Lipinski definition) is 2. The first-order valence-corrected chi connectivity index (χ1v) is 24.8. The van der Waals surface area contributed by atoms with Crippen LogP contribution in [0.2, 0.25) is 0 Å². The number of phenolic OH excluding ortho intramolecular Hbond substituents is 1. The molecular weight excluding hydrogens is 841 g/mol. The van der Waals surface area contributed by atoms with Gasteiger partial charge in [0.05, 0.1) is 9.79 Å². The molecule has 0 fully saturated rings. The van der Waals surface area contributed by atoms with Crippen LogP contribution in [0.5, 0.6) is 34.5 Å². The van der Waals surface area contributed by atoms with Crippen LogP contribution in [0.4, 0.5) is 0 Å². The van der Waals surface area contributed by atoms with Crippen molar-refractivity contribution in [3.05, 3.63) is 96.1 Å². The van der Waals surface area contributed by atoms with Crippen LogP contribution in [-0.2, 0) is 33.1 Å². The van der Waals surface area contributed by atoms with E-state index in [-0.39, 0.29) is 82.0 Å². The van der Waals surface area contributed by atoms with Gasteiger partial charge >= 0.3 is 37.7 Å². The molecule has 0 spiro atoms. The maximum absolute atomic E-state index is 12.1. The van der Waals surface area contributed by atoms with Crippen LogP contribution in [0.25, 0.3) is 0 Å². The molecule has 0 unspecified atom stereocenters. The molecule has 0 aliphatic heterocycles. The number of benzene rings is 4. The van der Waals surface area contributed by atoms with Gasteiger partial charge in [0.2, 0.25) is 0 Å². The molecule has 0 aliphatic carbocycles. The smallest absolute Gasteiger partial charge is 0.870 e. The molecule has 0 bridgehead atoms. The van der Waals surface area contributed by atoms with Crippen molar-refractivity contribution in [3.63, 3.8) is 0 Å². The molecule has 0 saturated carbocycles. The summed E-state index contributed by atoms with van der Waals surface area (Å²) < 4.78 is 76.4. The van der Waals surface area contributed by atoms with E-state index in [1.807, 2.05) is 6.07 Å². The predicted octanol–water partition coefficient (Wildman–Crippen LogP) is 12.4. The van der Waals surface area contributed by atoms with Crippen molar-refractivity contribution in [3.8, 4) is 34.5 Å². The molecule has 0 saturated heterocycles. The van der Waals surface area contributed by atoms with Crippen molar-refractivity contribution in [2.45, 2.75) is 165 Å². The number of aromatic hydroxyl groups is 1. The van der Waals surface area contributed by atoms with Crippen LogP contribution in [0.15, 0.2) is 94.7 Å². The molecule has 2 N–H and O–H groups in total. The molecule has 61 heavy (non-hydrogen) atoms. The summed E-state index contributed by atoms with van der Waals surface area (Å²) in [5, 5.41) is 22.2. The van der Waals surface area contributed by atoms with Gasteiger partial charge in [-0.15, -0.1) is 0 Å². The molecule has 4 aromatic carbocycles. The molecule has 332 valence electrons. The van der Waals surface area contributed by atoms with Gasteiger partial charge in [0.1, 0.15) is 27.4 Å². The number of aryl methyl sites for hydroxylation is 2. The first-order valence-electron chi connectivity index (χ1n) is 21.9. The van der Waals surface area contributed by atoms with Crippen molar-refractivity contribution in [2.75, 3.05) is 0 Å². The minimum atomic E-state index is -4.57. The van der Waals surface area contributed by atoms with Gasteiger partial charge in [-0.3, -0.25) is 4.55 Å². The summed E-state index contributed by atoms with van der Waals surface area (Å²) in [6.07, 6.45) is 27.3. The summed E-state index contributed by atoms with van der Waals surface area (Å²) in [7, 11) is -8.88. The van der Waals surface area contributed by atoms with E-state index < -0.39 is 20.2 Å². The van der Waals surface area contributed by atoms with Gasteiger partial charge in [-0.2, -0.15) is 8.42 Å². The quantitative estimate of drug-likeness (QED) is 0.0317. The van der Waals surface area contributed by atoms with Crippen LogP contribution in [0.3, 0.4) is 0 Å². The number of hydrogen-bond acceptors (Lipinski definition) is 9. The zero-order chi connectivity index (χ0) is 43.6. The van der Waals surface area contributed by atoms with E-state index in [1.54, 1.807) is 30.3 Å². The Kier molecular flexibility index (Phi) is 27.0. The molecule has 4 rings (SSSR count). The van der Waals surface area contributed by atoms with Crippen molar-refractivity contribution in [2.24, 2.45) is 0 Å². The molecule has 0 atom stereocenters. The Labute approximate surface area is 396 Å². The Morgan fingerprint density at radius 2 is 0.902 bits per heavy atom. The molecule has 0 heterocycles. The Morgan fingerprint density at radius 3 is 1.36 bits per heavy atom. The van der Waals surface area contributed by atoms with Crippen molar-refractivity contribution >= 4 is 58.0 Å². The zero-order valence-corrected chi connectivity index (χ0v) is 40.2.